The zero-order chi connectivity index (χ0) is 13.1. The van der Waals surface area contributed by atoms with Crippen molar-refractivity contribution in [2.24, 2.45) is 5.92 Å². The molecule has 1 unspecified atom stereocenters. The van der Waals surface area contributed by atoms with Crippen molar-refractivity contribution >= 4 is 11.7 Å². The monoisotopic (exact) mass is 251 g/mol. The van der Waals surface area contributed by atoms with Gasteiger partial charge >= 0.3 is 5.97 Å². The van der Waals surface area contributed by atoms with Crippen LogP contribution in [-0.4, -0.2) is 31.2 Å². The quantitative estimate of drug-likeness (QED) is 0.460. The summed E-state index contributed by atoms with van der Waals surface area (Å²) in [5.41, 5.74) is 0.575. The number of nitro groups is 1. The second kappa shape index (κ2) is 5.14. The van der Waals surface area contributed by atoms with Crippen LogP contribution in [0.25, 0.3) is 0 Å². The molecule has 1 heterocycles. The van der Waals surface area contributed by atoms with Crippen LogP contribution in [0.5, 0.6) is 0 Å². The minimum atomic E-state index is -0.497. The van der Waals surface area contributed by atoms with Crippen molar-refractivity contribution in [1.82, 2.24) is 0 Å². The summed E-state index contributed by atoms with van der Waals surface area (Å²) in [4.78, 5) is 22.0. The Morgan fingerprint density at radius 1 is 1.56 bits per heavy atom. The Bertz CT molecular complexity index is 469. The van der Waals surface area contributed by atoms with E-state index in [9.17, 15) is 14.9 Å². The zero-order valence-electron chi connectivity index (χ0n) is 9.87. The van der Waals surface area contributed by atoms with Crippen LogP contribution in [-0.2, 0) is 14.3 Å². The first-order chi connectivity index (χ1) is 8.63. The van der Waals surface area contributed by atoms with E-state index in [0.717, 1.165) is 0 Å². The summed E-state index contributed by atoms with van der Waals surface area (Å²) >= 11 is 0. The van der Waals surface area contributed by atoms with Gasteiger partial charge in [0.1, 0.15) is 0 Å². The number of benzene rings is 1. The van der Waals surface area contributed by atoms with Gasteiger partial charge in [-0.25, -0.2) is 0 Å². The molecule has 6 nitrogen and oxygen atoms in total. The van der Waals surface area contributed by atoms with Gasteiger partial charge in [-0.05, 0) is 5.56 Å². The van der Waals surface area contributed by atoms with Crippen LogP contribution in [0, 0.1) is 16.0 Å². The van der Waals surface area contributed by atoms with Gasteiger partial charge in [0.05, 0.1) is 31.2 Å². The molecule has 0 spiro atoms. The van der Waals surface area contributed by atoms with Gasteiger partial charge in [-0.2, -0.15) is 0 Å². The molecule has 1 aliphatic heterocycles. The number of non-ortho nitro benzene ring substituents is 1. The molecule has 0 aliphatic carbocycles. The summed E-state index contributed by atoms with van der Waals surface area (Å²) in [6.07, 6.45) is 0. The van der Waals surface area contributed by atoms with Crippen LogP contribution in [0.2, 0.25) is 0 Å². The third kappa shape index (κ3) is 2.33. The molecule has 1 aromatic rings. The van der Waals surface area contributed by atoms with Crippen molar-refractivity contribution in [2.45, 2.75) is 5.92 Å². The number of methoxy groups -OCH3 is 1. The largest absolute Gasteiger partial charge is 0.469 e. The van der Waals surface area contributed by atoms with E-state index in [1.807, 2.05) is 0 Å². The Balaban J connectivity index is 2.32. The molecule has 6 heteroatoms. The molecule has 96 valence electrons. The van der Waals surface area contributed by atoms with E-state index < -0.39 is 10.8 Å². The lowest BCUT2D eigenvalue weighted by atomic mass is 9.84. The Morgan fingerprint density at radius 2 is 2.28 bits per heavy atom. The molecule has 0 N–H and O–H groups in total. The number of esters is 1. The van der Waals surface area contributed by atoms with E-state index in [2.05, 4.69) is 0 Å². The van der Waals surface area contributed by atoms with Gasteiger partial charge in [-0.15, -0.1) is 0 Å². The topological polar surface area (TPSA) is 78.7 Å². The first-order valence-electron chi connectivity index (χ1n) is 5.53. The van der Waals surface area contributed by atoms with Crippen LogP contribution in [0.1, 0.15) is 11.5 Å². The van der Waals surface area contributed by atoms with Crippen LogP contribution in [0.15, 0.2) is 24.3 Å². The van der Waals surface area contributed by atoms with E-state index >= 15 is 0 Å². The maximum Gasteiger partial charge on any atom is 0.313 e. The Hall–Kier alpha value is -1.95. The number of ether oxygens (including phenoxy) is 2. The van der Waals surface area contributed by atoms with Gasteiger partial charge in [-0.3, -0.25) is 14.9 Å². The van der Waals surface area contributed by atoms with Crippen molar-refractivity contribution in [3.8, 4) is 0 Å². The van der Waals surface area contributed by atoms with Crippen molar-refractivity contribution in [2.75, 3.05) is 20.3 Å². The predicted molar refractivity (Wildman–Crippen MR) is 62.2 cm³/mol. The molecule has 1 saturated heterocycles. The van der Waals surface area contributed by atoms with Gasteiger partial charge in [0, 0.05) is 18.1 Å². The maximum atomic E-state index is 11.8. The number of rotatable bonds is 4. The summed E-state index contributed by atoms with van der Waals surface area (Å²) in [6, 6.07) is 6.09. The number of nitro benzene ring substituents is 1. The third-order valence-electron chi connectivity index (χ3n) is 3.03. The minimum absolute atomic E-state index is 0.0263. The third-order valence-corrected chi connectivity index (χ3v) is 3.03. The maximum absolute atomic E-state index is 11.8. The molecule has 1 aliphatic rings. The van der Waals surface area contributed by atoms with E-state index in [1.165, 1.54) is 19.2 Å². The summed E-state index contributed by atoms with van der Waals surface area (Å²) in [6.45, 7) is 0.949. The highest BCUT2D eigenvalue weighted by molar-refractivity contribution is 5.79. The molecule has 0 aromatic heterocycles. The normalized spacial score (nSPS) is 16.7. The number of nitrogens with zero attached hydrogens (tertiary/aromatic N) is 1. The highest BCUT2D eigenvalue weighted by atomic mass is 16.6. The number of hydrogen-bond acceptors (Lipinski definition) is 5. The number of carbonyl (C=O) groups excluding carboxylic acids is 1. The second-order valence-corrected chi connectivity index (χ2v) is 4.15. The van der Waals surface area contributed by atoms with E-state index in [1.54, 1.807) is 12.1 Å². The van der Waals surface area contributed by atoms with Crippen LogP contribution < -0.4 is 0 Å². The molecule has 1 fully saturated rings. The summed E-state index contributed by atoms with van der Waals surface area (Å²) in [7, 11) is 1.31. The number of hydrogen-bond donors (Lipinski definition) is 0. The average Bonchev–Trinajstić information content (AvgIpc) is 2.32. The smallest absolute Gasteiger partial charge is 0.313 e. The molecule has 0 saturated carbocycles. The zero-order valence-corrected chi connectivity index (χ0v) is 9.87. The fraction of sp³-hybridized carbons (Fsp3) is 0.417. The Morgan fingerprint density at radius 3 is 2.78 bits per heavy atom. The predicted octanol–water partition coefficient (Wildman–Crippen LogP) is 1.50. The molecule has 1 atom stereocenters. The first-order valence-corrected chi connectivity index (χ1v) is 5.53. The van der Waals surface area contributed by atoms with Crippen LogP contribution in [0.4, 0.5) is 5.69 Å². The van der Waals surface area contributed by atoms with Crippen molar-refractivity contribution in [3.63, 3.8) is 0 Å². The van der Waals surface area contributed by atoms with Crippen molar-refractivity contribution < 1.29 is 19.2 Å². The highest BCUT2D eigenvalue weighted by Crippen LogP contribution is 2.32. The molecule has 18 heavy (non-hydrogen) atoms. The SMILES string of the molecule is COC(=O)C(c1cccc([N+](=O)[O-])c1)C1COC1. The van der Waals surface area contributed by atoms with Crippen LogP contribution in [0.3, 0.4) is 0 Å². The fourth-order valence-electron chi connectivity index (χ4n) is 2.01. The lowest BCUT2D eigenvalue weighted by molar-refractivity contribution is -0.384. The molecule has 2 rings (SSSR count). The fourth-order valence-corrected chi connectivity index (χ4v) is 2.01. The average molecular weight is 251 g/mol. The Labute approximate surface area is 104 Å². The molecule has 0 radical (unpaired) electrons. The second-order valence-electron chi connectivity index (χ2n) is 4.15. The lowest BCUT2D eigenvalue weighted by Crippen LogP contribution is -2.37. The highest BCUT2D eigenvalue weighted by Gasteiger charge is 2.36. The summed E-state index contributed by atoms with van der Waals surface area (Å²) < 4.78 is 9.83. The standard InChI is InChI=1S/C12H13NO5/c1-17-12(14)11(9-6-18-7-9)8-3-2-4-10(5-8)13(15)16/h2-5,9,11H,6-7H2,1H3. The van der Waals surface area contributed by atoms with E-state index in [-0.39, 0.29) is 17.6 Å². The Kier molecular flexibility index (Phi) is 3.57. The van der Waals surface area contributed by atoms with Gasteiger partial charge in [-0.1, -0.05) is 12.1 Å². The molecular weight excluding hydrogens is 238 g/mol. The molecule has 1 aromatic carbocycles. The van der Waals surface area contributed by atoms with E-state index in [0.29, 0.717) is 18.8 Å². The van der Waals surface area contributed by atoms with Crippen molar-refractivity contribution in [3.05, 3.63) is 39.9 Å². The molecule has 0 amide bonds. The van der Waals surface area contributed by atoms with Crippen LogP contribution >= 0.6 is 0 Å². The van der Waals surface area contributed by atoms with Gasteiger partial charge in [0.2, 0.25) is 0 Å². The summed E-state index contributed by atoms with van der Waals surface area (Å²) in [5.74, 6) is -0.855. The van der Waals surface area contributed by atoms with Crippen molar-refractivity contribution in [1.29, 1.82) is 0 Å². The van der Waals surface area contributed by atoms with E-state index in [4.69, 9.17) is 9.47 Å². The lowest BCUT2D eigenvalue weighted by Gasteiger charge is -2.32. The first kappa shape index (κ1) is 12.5. The minimum Gasteiger partial charge on any atom is -0.469 e. The van der Waals surface area contributed by atoms with Gasteiger partial charge in [0.15, 0.2) is 0 Å². The summed E-state index contributed by atoms with van der Waals surface area (Å²) in [5, 5.41) is 10.7. The van der Waals surface area contributed by atoms with Gasteiger partial charge < -0.3 is 9.47 Å². The number of carbonyl (C=O) groups is 1. The van der Waals surface area contributed by atoms with Gasteiger partial charge in [0.25, 0.3) is 5.69 Å². The molecule has 0 bridgehead atoms. The molecular formula is C12H13NO5.